The summed E-state index contributed by atoms with van der Waals surface area (Å²) in [5, 5.41) is 19.7. The van der Waals surface area contributed by atoms with Crippen LogP contribution in [0.4, 0.5) is 0 Å². The molecule has 188 valence electrons. The largest absolute Gasteiger partial charge is 0.490 e. The minimum atomic E-state index is -0.609. The molecule has 4 heterocycles. The Hall–Kier alpha value is -3.20. The topological polar surface area (TPSA) is 94.0 Å². The van der Waals surface area contributed by atoms with Crippen LogP contribution >= 0.6 is 0 Å². The first-order valence-electron chi connectivity index (χ1n) is 12.6. The number of hydrogen-bond donors (Lipinski definition) is 1. The molecule has 0 saturated carbocycles. The van der Waals surface area contributed by atoms with Crippen molar-refractivity contribution in [2.75, 3.05) is 26.2 Å². The lowest BCUT2D eigenvalue weighted by Gasteiger charge is -2.39. The molecule has 0 bridgehead atoms. The van der Waals surface area contributed by atoms with E-state index in [2.05, 4.69) is 39.4 Å². The number of hydrogen-bond acceptors (Lipinski definition) is 8. The first-order chi connectivity index (χ1) is 17.5. The van der Waals surface area contributed by atoms with Crippen LogP contribution in [0.3, 0.4) is 0 Å². The number of likely N-dealkylation sites (tertiary alicyclic amines) is 1. The third-order valence-corrected chi connectivity index (χ3v) is 7.24. The molecule has 8 nitrogen and oxygen atoms in total. The van der Waals surface area contributed by atoms with E-state index in [-0.39, 0.29) is 18.1 Å². The Morgan fingerprint density at radius 1 is 1.06 bits per heavy atom. The van der Waals surface area contributed by atoms with Crippen LogP contribution in [0, 0.1) is 0 Å². The minimum absolute atomic E-state index is 0.142. The van der Waals surface area contributed by atoms with E-state index < -0.39 is 6.10 Å². The summed E-state index contributed by atoms with van der Waals surface area (Å²) in [7, 11) is 0. The second-order valence-electron chi connectivity index (χ2n) is 10.1. The van der Waals surface area contributed by atoms with E-state index in [4.69, 9.17) is 18.3 Å². The van der Waals surface area contributed by atoms with Gasteiger partial charge in [-0.2, -0.15) is 0 Å². The van der Waals surface area contributed by atoms with Gasteiger partial charge in [-0.1, -0.05) is 44.2 Å². The van der Waals surface area contributed by atoms with Crippen LogP contribution < -0.4 is 4.74 Å². The molecule has 0 aliphatic carbocycles. The number of aliphatic hydroxyl groups excluding tert-OH is 1. The number of rotatable bonds is 7. The summed E-state index contributed by atoms with van der Waals surface area (Å²) >= 11 is 0. The Labute approximate surface area is 209 Å². The normalized spacial score (nSPS) is 18.2. The molecule has 36 heavy (non-hydrogen) atoms. The third-order valence-electron chi connectivity index (χ3n) is 7.24. The fourth-order valence-corrected chi connectivity index (χ4v) is 5.26. The molecule has 6 rings (SSSR count). The molecule has 0 radical (unpaired) electrons. The predicted molar refractivity (Wildman–Crippen MR) is 134 cm³/mol. The number of aromatic nitrogens is 2. The van der Waals surface area contributed by atoms with Crippen LogP contribution in [0.1, 0.15) is 49.6 Å². The van der Waals surface area contributed by atoms with Crippen molar-refractivity contribution in [1.82, 2.24) is 15.1 Å². The Morgan fingerprint density at radius 3 is 2.69 bits per heavy atom. The molecular formula is C28H31N3O5. The number of nitrogens with zero attached hydrogens (tertiary/aromatic N) is 3. The summed E-state index contributed by atoms with van der Waals surface area (Å²) < 4.78 is 23.9. The fraction of sp³-hybridized carbons (Fsp3) is 0.429. The smallest absolute Gasteiger partial charge is 0.283 e. The molecule has 1 atom stereocenters. The average Bonchev–Trinajstić information content (AvgIpc) is 3.62. The molecule has 0 amide bonds. The summed E-state index contributed by atoms with van der Waals surface area (Å²) in [5.74, 6) is 2.20. The van der Waals surface area contributed by atoms with Crippen molar-refractivity contribution in [1.29, 1.82) is 0 Å². The summed E-state index contributed by atoms with van der Waals surface area (Å²) in [5.41, 5.74) is 3.13. The minimum Gasteiger partial charge on any atom is -0.490 e. The molecule has 1 saturated heterocycles. The van der Waals surface area contributed by atoms with Gasteiger partial charge in [0.15, 0.2) is 5.76 Å². The van der Waals surface area contributed by atoms with Crippen molar-refractivity contribution < 1.29 is 23.4 Å². The lowest BCUT2D eigenvalue weighted by atomic mass is 9.84. The molecule has 1 spiro atoms. The summed E-state index contributed by atoms with van der Waals surface area (Å²) in [6, 6.07) is 16.0. The molecular weight excluding hydrogens is 458 g/mol. The van der Waals surface area contributed by atoms with E-state index in [1.165, 1.54) is 11.1 Å². The quantitative estimate of drug-likeness (QED) is 0.393. The van der Waals surface area contributed by atoms with Crippen molar-refractivity contribution in [3.8, 4) is 17.4 Å². The molecule has 2 aromatic heterocycles. The molecule has 2 aliphatic heterocycles. The van der Waals surface area contributed by atoms with Crippen LogP contribution in [-0.2, 0) is 16.9 Å². The maximum absolute atomic E-state index is 10.7. The number of aliphatic hydroxyl groups is 1. The first kappa shape index (κ1) is 23.2. The molecule has 2 aliphatic rings. The van der Waals surface area contributed by atoms with E-state index >= 15 is 0 Å². The maximum atomic E-state index is 10.7. The number of furan rings is 1. The molecule has 1 fully saturated rings. The van der Waals surface area contributed by atoms with Crippen molar-refractivity contribution in [2.45, 2.75) is 50.9 Å². The highest BCUT2D eigenvalue weighted by molar-refractivity contribution is 5.87. The third kappa shape index (κ3) is 4.30. The van der Waals surface area contributed by atoms with E-state index in [0.717, 1.165) is 31.3 Å². The molecule has 1 N–H and O–H groups in total. The zero-order chi connectivity index (χ0) is 24.7. The average molecular weight is 490 g/mol. The van der Waals surface area contributed by atoms with Crippen molar-refractivity contribution in [3.63, 3.8) is 0 Å². The Bertz CT molecular complexity index is 1350. The van der Waals surface area contributed by atoms with Gasteiger partial charge in [0.25, 0.3) is 5.89 Å². The van der Waals surface area contributed by atoms with Gasteiger partial charge in [0.05, 0.1) is 17.6 Å². The van der Waals surface area contributed by atoms with E-state index in [0.29, 0.717) is 42.0 Å². The monoisotopic (exact) mass is 489 g/mol. The van der Waals surface area contributed by atoms with Crippen LogP contribution in [0.25, 0.3) is 22.6 Å². The number of ether oxygens (including phenoxy) is 2. The molecule has 2 aromatic carbocycles. The predicted octanol–water partition coefficient (Wildman–Crippen LogP) is 4.87. The molecule has 0 unspecified atom stereocenters. The Balaban J connectivity index is 1.07. The molecule has 8 heteroatoms. The highest BCUT2D eigenvalue weighted by Gasteiger charge is 2.42. The number of benzene rings is 2. The van der Waals surface area contributed by atoms with Crippen LogP contribution in [0.2, 0.25) is 0 Å². The summed E-state index contributed by atoms with van der Waals surface area (Å²) in [6.07, 6.45) is 1.26. The number of piperidine rings is 1. The van der Waals surface area contributed by atoms with Gasteiger partial charge in [-0.3, -0.25) is 0 Å². The van der Waals surface area contributed by atoms with Crippen molar-refractivity contribution >= 4 is 11.0 Å². The van der Waals surface area contributed by atoms with Gasteiger partial charge >= 0.3 is 0 Å². The Morgan fingerprint density at radius 2 is 1.89 bits per heavy atom. The second-order valence-corrected chi connectivity index (χ2v) is 10.1. The van der Waals surface area contributed by atoms with Crippen LogP contribution in [0.5, 0.6) is 5.75 Å². The van der Waals surface area contributed by atoms with Gasteiger partial charge in [0.1, 0.15) is 24.0 Å². The fourth-order valence-electron chi connectivity index (χ4n) is 5.26. The lowest BCUT2D eigenvalue weighted by Crippen LogP contribution is -2.46. The van der Waals surface area contributed by atoms with Crippen molar-refractivity contribution in [2.24, 2.45) is 0 Å². The van der Waals surface area contributed by atoms with E-state index in [1.54, 1.807) is 0 Å². The summed E-state index contributed by atoms with van der Waals surface area (Å²) in [6.45, 7) is 7.21. The zero-order valence-corrected chi connectivity index (χ0v) is 20.6. The first-order valence-corrected chi connectivity index (χ1v) is 12.6. The standard InChI is InChI=1S/C28H31N3O5/c1-18(2)26-29-30-27(36-26)25-14-21-23(8-5-9-24(21)35-25)33-17-20(32)15-31-12-10-28(11-13-31)22-7-4-3-6-19(22)16-34-28/h3-9,14,18,20,32H,10-13,15-17H2,1-2H3/t20-/m0/s1. The van der Waals surface area contributed by atoms with E-state index in [1.807, 2.05) is 38.1 Å². The SMILES string of the molecule is CC(C)c1nnc(-c2cc3c(OC[C@@H](O)CN4CCC5(CC4)OCc4ccccc45)cccc3o2)o1. The lowest BCUT2D eigenvalue weighted by molar-refractivity contribution is -0.0835. The summed E-state index contributed by atoms with van der Waals surface area (Å²) in [4.78, 5) is 2.29. The van der Waals surface area contributed by atoms with Gasteiger partial charge in [0, 0.05) is 31.6 Å². The highest BCUT2D eigenvalue weighted by atomic mass is 16.5. The van der Waals surface area contributed by atoms with Crippen LogP contribution in [-0.4, -0.2) is 52.5 Å². The maximum Gasteiger partial charge on any atom is 0.283 e. The van der Waals surface area contributed by atoms with Crippen molar-refractivity contribution in [3.05, 3.63) is 65.5 Å². The van der Waals surface area contributed by atoms with Gasteiger partial charge in [-0.25, -0.2) is 0 Å². The Kier molecular flexibility index (Phi) is 6.03. The highest BCUT2D eigenvalue weighted by Crippen LogP contribution is 2.44. The second kappa shape index (κ2) is 9.35. The van der Waals surface area contributed by atoms with Gasteiger partial charge < -0.3 is 28.3 Å². The molecule has 4 aromatic rings. The van der Waals surface area contributed by atoms with Gasteiger partial charge in [-0.05, 0) is 36.1 Å². The van der Waals surface area contributed by atoms with Gasteiger partial charge in [-0.15, -0.1) is 10.2 Å². The number of fused-ring (bicyclic) bond motifs is 3. The zero-order valence-electron chi connectivity index (χ0n) is 20.6. The van der Waals surface area contributed by atoms with E-state index in [9.17, 15) is 5.11 Å². The number of β-amino-alcohol motifs (C(OH)–C–C–N with tert-alkyl or cyclic N) is 1. The van der Waals surface area contributed by atoms with Crippen LogP contribution in [0.15, 0.2) is 57.4 Å². The van der Waals surface area contributed by atoms with Gasteiger partial charge in [0.2, 0.25) is 5.89 Å².